The molecule has 2 aromatic carbocycles. The summed E-state index contributed by atoms with van der Waals surface area (Å²) < 4.78 is 5.63. The molecule has 1 aromatic heterocycles. The van der Waals surface area contributed by atoms with Gasteiger partial charge in [-0.1, -0.05) is 29.3 Å². The number of amides is 1. The number of nitrogens with one attached hydrogen (secondary N) is 1. The van der Waals surface area contributed by atoms with Crippen LogP contribution < -0.4 is 10.1 Å². The summed E-state index contributed by atoms with van der Waals surface area (Å²) in [7, 11) is 0. The number of anilines is 1. The van der Waals surface area contributed by atoms with Gasteiger partial charge < -0.3 is 10.1 Å². The van der Waals surface area contributed by atoms with Crippen molar-refractivity contribution in [3.05, 3.63) is 62.9 Å². The Kier molecular flexibility index (Phi) is 5.38. The lowest BCUT2D eigenvalue weighted by molar-refractivity contribution is -0.384. The molecule has 1 heterocycles. The van der Waals surface area contributed by atoms with E-state index in [9.17, 15) is 14.9 Å². The van der Waals surface area contributed by atoms with E-state index in [2.05, 4.69) is 15.3 Å². The first-order valence-corrected chi connectivity index (χ1v) is 8.42. The van der Waals surface area contributed by atoms with Crippen LogP contribution in [-0.2, 0) is 4.79 Å². The fourth-order valence-corrected chi connectivity index (χ4v) is 2.87. The van der Waals surface area contributed by atoms with Crippen LogP contribution in [0.4, 0.5) is 11.4 Å². The van der Waals surface area contributed by atoms with Crippen molar-refractivity contribution < 1.29 is 14.5 Å². The molecule has 8 nitrogen and oxygen atoms in total. The number of fused-ring (bicyclic) bond motifs is 1. The van der Waals surface area contributed by atoms with E-state index in [4.69, 9.17) is 27.9 Å². The quantitative estimate of drug-likeness (QED) is 0.501. The zero-order valence-corrected chi connectivity index (χ0v) is 15.4. The van der Waals surface area contributed by atoms with Gasteiger partial charge in [-0.05, 0) is 25.1 Å². The molecule has 3 rings (SSSR count). The molecule has 0 radical (unpaired) electrons. The van der Waals surface area contributed by atoms with E-state index in [1.54, 1.807) is 12.1 Å². The van der Waals surface area contributed by atoms with E-state index < -0.39 is 16.9 Å². The van der Waals surface area contributed by atoms with Gasteiger partial charge in [-0.25, -0.2) is 9.97 Å². The SMILES string of the molecule is C[C@H](Oc1ncnc2c(Cl)cc(Cl)cc12)C(=O)Nc1cccc([N+](=O)[O-])c1. The predicted octanol–water partition coefficient (Wildman–Crippen LogP) is 4.25. The van der Waals surface area contributed by atoms with Crippen molar-refractivity contribution in [2.24, 2.45) is 0 Å². The lowest BCUT2D eigenvalue weighted by Gasteiger charge is -2.15. The molecule has 0 spiro atoms. The number of ether oxygens (including phenoxy) is 1. The van der Waals surface area contributed by atoms with E-state index in [-0.39, 0.29) is 17.3 Å². The highest BCUT2D eigenvalue weighted by molar-refractivity contribution is 6.38. The number of non-ortho nitro benzene ring substituents is 1. The highest BCUT2D eigenvalue weighted by atomic mass is 35.5. The fraction of sp³-hybridized carbons (Fsp3) is 0.118. The molecule has 0 saturated carbocycles. The molecule has 10 heteroatoms. The molecule has 3 aromatic rings. The summed E-state index contributed by atoms with van der Waals surface area (Å²) in [5.74, 6) is -0.360. The summed E-state index contributed by atoms with van der Waals surface area (Å²) in [6.07, 6.45) is 0.322. The van der Waals surface area contributed by atoms with Crippen molar-refractivity contribution in [3.8, 4) is 5.88 Å². The van der Waals surface area contributed by atoms with Crippen molar-refractivity contribution in [2.45, 2.75) is 13.0 Å². The van der Waals surface area contributed by atoms with Crippen LogP contribution in [0.2, 0.25) is 10.0 Å². The molecule has 0 unspecified atom stereocenters. The monoisotopic (exact) mass is 406 g/mol. The third-order valence-electron chi connectivity index (χ3n) is 3.60. The Labute approximate surface area is 163 Å². The van der Waals surface area contributed by atoms with Gasteiger partial charge in [-0.3, -0.25) is 14.9 Å². The summed E-state index contributed by atoms with van der Waals surface area (Å²) in [5.41, 5.74) is 0.591. The van der Waals surface area contributed by atoms with Gasteiger partial charge in [0.1, 0.15) is 6.33 Å². The van der Waals surface area contributed by atoms with Gasteiger partial charge in [-0.15, -0.1) is 0 Å². The van der Waals surface area contributed by atoms with Crippen molar-refractivity contribution in [3.63, 3.8) is 0 Å². The summed E-state index contributed by atoms with van der Waals surface area (Å²) in [4.78, 5) is 30.8. The molecule has 27 heavy (non-hydrogen) atoms. The minimum Gasteiger partial charge on any atom is -0.464 e. The average molecular weight is 407 g/mol. The minimum atomic E-state index is -0.944. The standard InChI is InChI=1S/C17H12Cl2N4O4/c1-9(16(24)22-11-3-2-4-12(7-11)23(25)26)27-17-13-5-10(18)6-14(19)15(13)20-8-21-17/h2-9H,1H3,(H,22,24)/t9-/m0/s1. The number of halogens is 2. The molecule has 1 amide bonds. The van der Waals surface area contributed by atoms with Crippen LogP contribution in [0.3, 0.4) is 0 Å². The summed E-state index contributed by atoms with van der Waals surface area (Å²) in [5, 5.41) is 14.6. The number of nitro benzene ring substituents is 1. The number of hydrogen-bond donors (Lipinski definition) is 1. The fourth-order valence-electron chi connectivity index (χ4n) is 2.32. The summed E-state index contributed by atoms with van der Waals surface area (Å²) in [6.45, 7) is 1.52. The Balaban J connectivity index is 1.80. The summed E-state index contributed by atoms with van der Waals surface area (Å²) in [6, 6.07) is 8.72. The Morgan fingerprint density at radius 3 is 2.78 bits per heavy atom. The smallest absolute Gasteiger partial charge is 0.271 e. The number of aromatic nitrogens is 2. The number of nitrogens with zero attached hydrogens (tertiary/aromatic N) is 3. The average Bonchev–Trinajstić information content (AvgIpc) is 2.62. The van der Waals surface area contributed by atoms with Gasteiger partial charge in [-0.2, -0.15) is 0 Å². The number of carbonyl (C=O) groups excluding carboxylic acids is 1. The third-order valence-corrected chi connectivity index (χ3v) is 4.11. The van der Waals surface area contributed by atoms with Crippen LogP contribution in [0, 0.1) is 10.1 Å². The molecule has 0 aliphatic carbocycles. The Bertz CT molecular complexity index is 1040. The lowest BCUT2D eigenvalue weighted by Crippen LogP contribution is -2.30. The van der Waals surface area contributed by atoms with Crippen LogP contribution in [0.1, 0.15) is 6.92 Å². The van der Waals surface area contributed by atoms with Crippen molar-refractivity contribution >= 4 is 51.4 Å². The number of rotatable bonds is 5. The van der Waals surface area contributed by atoms with E-state index in [1.807, 2.05) is 0 Å². The van der Waals surface area contributed by atoms with Crippen LogP contribution in [0.15, 0.2) is 42.7 Å². The Morgan fingerprint density at radius 2 is 2.04 bits per heavy atom. The molecule has 0 aliphatic rings. The first kappa shape index (κ1) is 18.8. The zero-order valence-electron chi connectivity index (χ0n) is 13.8. The number of carbonyl (C=O) groups is 1. The van der Waals surface area contributed by atoms with Gasteiger partial charge in [0, 0.05) is 22.8 Å². The molecule has 0 aliphatic heterocycles. The molecular formula is C17H12Cl2N4O4. The molecule has 138 valence electrons. The zero-order chi connectivity index (χ0) is 19.6. The second-order valence-corrected chi connectivity index (χ2v) is 6.36. The van der Waals surface area contributed by atoms with Gasteiger partial charge in [0.25, 0.3) is 11.6 Å². The predicted molar refractivity (Wildman–Crippen MR) is 101 cm³/mol. The van der Waals surface area contributed by atoms with Crippen molar-refractivity contribution in [1.29, 1.82) is 0 Å². The molecule has 0 saturated heterocycles. The number of benzene rings is 2. The molecule has 0 bridgehead atoms. The van der Waals surface area contributed by atoms with E-state index in [0.29, 0.717) is 20.9 Å². The number of nitro groups is 1. The topological polar surface area (TPSA) is 107 Å². The largest absolute Gasteiger partial charge is 0.464 e. The maximum atomic E-state index is 12.4. The van der Waals surface area contributed by atoms with Gasteiger partial charge >= 0.3 is 0 Å². The second kappa shape index (κ2) is 7.73. The second-order valence-electron chi connectivity index (χ2n) is 5.52. The summed E-state index contributed by atoms with van der Waals surface area (Å²) >= 11 is 12.1. The lowest BCUT2D eigenvalue weighted by atomic mass is 10.2. The van der Waals surface area contributed by atoms with Gasteiger partial charge in [0.15, 0.2) is 6.10 Å². The first-order valence-electron chi connectivity index (χ1n) is 7.67. The first-order chi connectivity index (χ1) is 12.8. The van der Waals surface area contributed by atoms with Crippen molar-refractivity contribution in [2.75, 3.05) is 5.32 Å². The highest BCUT2D eigenvalue weighted by Gasteiger charge is 2.19. The molecule has 1 atom stereocenters. The van der Waals surface area contributed by atoms with Crippen LogP contribution in [0.5, 0.6) is 5.88 Å². The van der Waals surface area contributed by atoms with Crippen LogP contribution in [0.25, 0.3) is 10.9 Å². The van der Waals surface area contributed by atoms with E-state index in [0.717, 1.165) is 0 Å². The van der Waals surface area contributed by atoms with Gasteiger partial charge in [0.2, 0.25) is 5.88 Å². The normalized spacial score (nSPS) is 11.8. The van der Waals surface area contributed by atoms with E-state index in [1.165, 1.54) is 37.5 Å². The molecular weight excluding hydrogens is 395 g/mol. The van der Waals surface area contributed by atoms with Gasteiger partial charge in [0.05, 0.1) is 20.8 Å². The maximum Gasteiger partial charge on any atom is 0.271 e. The Hall–Kier alpha value is -2.97. The Morgan fingerprint density at radius 1 is 1.26 bits per heavy atom. The number of hydrogen-bond acceptors (Lipinski definition) is 6. The minimum absolute atomic E-state index is 0.132. The molecule has 0 fully saturated rings. The van der Waals surface area contributed by atoms with Crippen LogP contribution >= 0.6 is 23.2 Å². The molecule has 1 N–H and O–H groups in total. The van der Waals surface area contributed by atoms with E-state index >= 15 is 0 Å². The maximum absolute atomic E-state index is 12.4. The van der Waals surface area contributed by atoms with Crippen molar-refractivity contribution in [1.82, 2.24) is 9.97 Å². The van der Waals surface area contributed by atoms with Crippen LogP contribution in [-0.4, -0.2) is 26.9 Å². The highest BCUT2D eigenvalue weighted by Crippen LogP contribution is 2.31. The third kappa shape index (κ3) is 4.24.